The first kappa shape index (κ1) is 22.8. The molecule has 0 aromatic heterocycles. The van der Waals surface area contributed by atoms with Crippen LogP contribution < -0.4 is 4.90 Å². The maximum atomic E-state index is 14.1. The minimum absolute atomic E-state index is 0.159. The zero-order valence-electron chi connectivity index (χ0n) is 20.6. The van der Waals surface area contributed by atoms with Crippen LogP contribution in [0.3, 0.4) is 0 Å². The first-order valence-electron chi connectivity index (χ1n) is 12.5. The number of imide groups is 1. The SMILES string of the molecule is C[C@@H](C(=O)N1c2ccccc2[C@](C)(c2ccccc2)CC1(C)C)N1C(=O)[C@H]2CCCC[C@H]2C1=O. The minimum Gasteiger partial charge on any atom is -0.305 e. The molecule has 1 aliphatic carbocycles. The predicted molar refractivity (Wildman–Crippen MR) is 132 cm³/mol. The van der Waals surface area contributed by atoms with Gasteiger partial charge in [0.1, 0.15) is 6.04 Å². The monoisotopic (exact) mass is 458 g/mol. The number of rotatable bonds is 3. The average molecular weight is 459 g/mol. The van der Waals surface area contributed by atoms with E-state index in [-0.39, 0.29) is 35.0 Å². The highest BCUT2D eigenvalue weighted by atomic mass is 16.2. The lowest BCUT2D eigenvalue weighted by Crippen LogP contribution is -2.60. The van der Waals surface area contributed by atoms with Crippen LogP contribution in [0.4, 0.5) is 5.69 Å². The van der Waals surface area contributed by atoms with Gasteiger partial charge in [-0.25, -0.2) is 0 Å². The molecule has 178 valence electrons. The number of anilines is 1. The van der Waals surface area contributed by atoms with Crippen LogP contribution in [-0.4, -0.2) is 34.2 Å². The van der Waals surface area contributed by atoms with Gasteiger partial charge in [-0.2, -0.15) is 0 Å². The van der Waals surface area contributed by atoms with Crippen LogP contribution in [0.25, 0.3) is 0 Å². The number of carbonyl (C=O) groups excluding carboxylic acids is 3. The molecule has 2 aromatic carbocycles. The third kappa shape index (κ3) is 3.31. The molecule has 2 aliphatic heterocycles. The van der Waals surface area contributed by atoms with Crippen LogP contribution in [0.1, 0.15) is 70.9 Å². The molecular weight excluding hydrogens is 424 g/mol. The van der Waals surface area contributed by atoms with Crippen LogP contribution in [0.5, 0.6) is 0 Å². The van der Waals surface area contributed by atoms with Crippen molar-refractivity contribution in [1.82, 2.24) is 4.90 Å². The molecule has 0 N–H and O–H groups in total. The van der Waals surface area contributed by atoms with Gasteiger partial charge in [0.15, 0.2) is 0 Å². The van der Waals surface area contributed by atoms with Crippen molar-refractivity contribution in [1.29, 1.82) is 0 Å². The lowest BCUT2D eigenvalue weighted by molar-refractivity contribution is -0.147. The average Bonchev–Trinajstić information content (AvgIpc) is 3.08. The summed E-state index contributed by atoms with van der Waals surface area (Å²) < 4.78 is 0. The second-order valence-electron chi connectivity index (χ2n) is 11.1. The van der Waals surface area contributed by atoms with Crippen molar-refractivity contribution in [3.8, 4) is 0 Å². The molecule has 2 aromatic rings. The van der Waals surface area contributed by atoms with Crippen molar-refractivity contribution in [3.63, 3.8) is 0 Å². The van der Waals surface area contributed by atoms with Gasteiger partial charge in [0.25, 0.3) is 5.91 Å². The Labute approximate surface area is 202 Å². The Morgan fingerprint density at radius 3 is 2.06 bits per heavy atom. The smallest absolute Gasteiger partial charge is 0.250 e. The third-order valence-electron chi connectivity index (χ3n) is 8.38. The molecule has 2 heterocycles. The van der Waals surface area contributed by atoms with Crippen LogP contribution in [0.2, 0.25) is 0 Å². The molecule has 5 nitrogen and oxygen atoms in total. The lowest BCUT2D eigenvalue weighted by Gasteiger charge is -2.52. The molecule has 5 heteroatoms. The van der Waals surface area contributed by atoms with E-state index in [2.05, 4.69) is 51.1 Å². The fraction of sp³-hybridized carbons (Fsp3) is 0.483. The maximum absolute atomic E-state index is 14.1. The normalized spacial score (nSPS) is 28.9. The molecule has 3 aliphatic rings. The quantitative estimate of drug-likeness (QED) is 0.604. The summed E-state index contributed by atoms with van der Waals surface area (Å²) in [6, 6.07) is 17.7. The third-order valence-corrected chi connectivity index (χ3v) is 8.38. The Balaban J connectivity index is 1.54. The van der Waals surface area contributed by atoms with E-state index in [4.69, 9.17) is 0 Å². The Morgan fingerprint density at radius 2 is 1.44 bits per heavy atom. The first-order valence-corrected chi connectivity index (χ1v) is 12.5. The summed E-state index contributed by atoms with van der Waals surface area (Å²) >= 11 is 0. The summed E-state index contributed by atoms with van der Waals surface area (Å²) in [5, 5.41) is 0. The summed E-state index contributed by atoms with van der Waals surface area (Å²) in [5.74, 6) is -1.01. The van der Waals surface area contributed by atoms with Crippen LogP contribution in [0.15, 0.2) is 54.6 Å². The molecule has 5 rings (SSSR count). The van der Waals surface area contributed by atoms with E-state index in [0.717, 1.165) is 43.4 Å². The molecule has 0 unspecified atom stereocenters. The highest BCUT2D eigenvalue weighted by Crippen LogP contribution is 2.51. The van der Waals surface area contributed by atoms with E-state index in [0.29, 0.717) is 0 Å². The number of fused-ring (bicyclic) bond motifs is 2. The second kappa shape index (κ2) is 8.07. The number of likely N-dealkylation sites (tertiary alicyclic amines) is 1. The Bertz CT molecular complexity index is 1120. The zero-order chi connectivity index (χ0) is 24.3. The van der Waals surface area contributed by atoms with Gasteiger partial charge in [-0.1, -0.05) is 68.3 Å². The number of amides is 3. The van der Waals surface area contributed by atoms with Gasteiger partial charge < -0.3 is 4.90 Å². The number of hydrogen-bond donors (Lipinski definition) is 0. The van der Waals surface area contributed by atoms with E-state index in [9.17, 15) is 14.4 Å². The van der Waals surface area contributed by atoms with Crippen molar-refractivity contribution in [2.75, 3.05) is 4.90 Å². The molecule has 34 heavy (non-hydrogen) atoms. The van der Waals surface area contributed by atoms with Crippen LogP contribution in [0, 0.1) is 11.8 Å². The zero-order valence-corrected chi connectivity index (χ0v) is 20.6. The van der Waals surface area contributed by atoms with Crippen molar-refractivity contribution >= 4 is 23.4 Å². The molecule has 1 saturated carbocycles. The van der Waals surface area contributed by atoms with Gasteiger partial charge in [-0.3, -0.25) is 19.3 Å². The van der Waals surface area contributed by atoms with E-state index in [1.165, 1.54) is 10.5 Å². The molecular formula is C29H34N2O3. The van der Waals surface area contributed by atoms with Gasteiger partial charge in [0, 0.05) is 16.6 Å². The molecule has 0 bridgehead atoms. The number of para-hydroxylation sites is 1. The molecule has 0 spiro atoms. The summed E-state index contributed by atoms with van der Waals surface area (Å²) in [5.41, 5.74) is 2.38. The number of hydrogen-bond acceptors (Lipinski definition) is 3. The Hall–Kier alpha value is -2.95. The fourth-order valence-electron chi connectivity index (χ4n) is 6.85. The highest BCUT2D eigenvalue weighted by molar-refractivity contribution is 6.11. The van der Waals surface area contributed by atoms with Gasteiger partial charge >= 0.3 is 0 Å². The summed E-state index contributed by atoms with van der Waals surface area (Å²) in [6.07, 6.45) is 4.18. The van der Waals surface area contributed by atoms with E-state index in [1.54, 1.807) is 6.92 Å². The fourth-order valence-corrected chi connectivity index (χ4v) is 6.85. The van der Waals surface area contributed by atoms with Crippen molar-refractivity contribution < 1.29 is 14.4 Å². The topological polar surface area (TPSA) is 57.7 Å². The van der Waals surface area contributed by atoms with Gasteiger partial charge in [0.2, 0.25) is 11.8 Å². The number of benzene rings is 2. The Morgan fingerprint density at radius 1 is 0.882 bits per heavy atom. The van der Waals surface area contributed by atoms with Gasteiger partial charge in [-0.15, -0.1) is 0 Å². The van der Waals surface area contributed by atoms with E-state index < -0.39 is 11.6 Å². The van der Waals surface area contributed by atoms with Crippen LogP contribution in [-0.2, 0) is 19.8 Å². The number of carbonyl (C=O) groups is 3. The van der Waals surface area contributed by atoms with Crippen LogP contribution >= 0.6 is 0 Å². The summed E-state index contributed by atoms with van der Waals surface area (Å²) in [7, 11) is 0. The molecule has 4 atom stereocenters. The molecule has 3 amide bonds. The Kier molecular flexibility index (Phi) is 5.42. The van der Waals surface area contributed by atoms with Gasteiger partial charge in [0.05, 0.1) is 11.8 Å². The first-order chi connectivity index (χ1) is 16.2. The minimum atomic E-state index is -0.820. The van der Waals surface area contributed by atoms with E-state index in [1.807, 2.05) is 29.2 Å². The lowest BCUT2D eigenvalue weighted by atomic mass is 9.65. The summed E-state index contributed by atoms with van der Waals surface area (Å²) in [4.78, 5) is 43.6. The predicted octanol–water partition coefficient (Wildman–Crippen LogP) is 5.07. The highest BCUT2D eigenvalue weighted by Gasteiger charge is 2.54. The molecule has 1 saturated heterocycles. The van der Waals surface area contributed by atoms with E-state index >= 15 is 0 Å². The van der Waals surface area contributed by atoms with Gasteiger partial charge in [-0.05, 0) is 57.2 Å². The van der Waals surface area contributed by atoms with Crippen molar-refractivity contribution in [2.45, 2.75) is 76.8 Å². The summed E-state index contributed by atoms with van der Waals surface area (Å²) in [6.45, 7) is 8.13. The largest absolute Gasteiger partial charge is 0.305 e. The number of nitrogens with zero attached hydrogens (tertiary/aromatic N) is 2. The van der Waals surface area contributed by atoms with Crippen molar-refractivity contribution in [3.05, 3.63) is 65.7 Å². The second-order valence-corrected chi connectivity index (χ2v) is 11.1. The van der Waals surface area contributed by atoms with Crippen molar-refractivity contribution in [2.24, 2.45) is 11.8 Å². The standard InChI is InChI=1S/C29H34N2O3/c1-19(30-26(33)21-14-8-9-15-22(21)27(30)34)25(32)31-24-17-11-10-16-23(24)29(4,18-28(31,2)3)20-12-6-5-7-13-20/h5-7,10-13,16-17,19,21-22H,8-9,14-15,18H2,1-4H3/t19-,21-,22+,29-/m0/s1. The molecule has 2 fully saturated rings. The maximum Gasteiger partial charge on any atom is 0.250 e. The molecule has 0 radical (unpaired) electrons.